The number of fused-ring (bicyclic) bond motifs is 2. The van der Waals surface area contributed by atoms with Gasteiger partial charge in [0.25, 0.3) is 0 Å². The van der Waals surface area contributed by atoms with Crippen LogP contribution in [-0.2, 0) is 0 Å². The Morgan fingerprint density at radius 1 is 1.05 bits per heavy atom. The summed E-state index contributed by atoms with van der Waals surface area (Å²) in [4.78, 5) is 0. The number of aryl methyl sites for hydroxylation is 1. The molecule has 19 heavy (non-hydrogen) atoms. The van der Waals surface area contributed by atoms with Gasteiger partial charge in [-0.1, -0.05) is 26.0 Å². The Balaban J connectivity index is 2.53. The van der Waals surface area contributed by atoms with Gasteiger partial charge in [0.2, 0.25) is 0 Å². The van der Waals surface area contributed by atoms with Gasteiger partial charge < -0.3 is 9.83 Å². The molecule has 0 aromatic heterocycles. The van der Waals surface area contributed by atoms with Crippen LogP contribution in [0.5, 0.6) is 0 Å². The first kappa shape index (κ1) is 12.0. The molecule has 2 aliphatic rings. The first-order valence-corrected chi connectivity index (χ1v) is 6.58. The third-order valence-electron chi connectivity index (χ3n) is 3.50. The fourth-order valence-corrected chi connectivity index (χ4v) is 2.65. The maximum absolute atomic E-state index is 7.75. The molecule has 0 saturated carbocycles. The molecule has 1 aromatic rings. The standard InChI is InChI=1S/C17H17NO/c1-10(2)17-13-6-4-11(3)8-15(13)19-16-9-12(18)5-7-14(16)17/h4-10,18H,1-3H3. The van der Waals surface area contributed by atoms with E-state index in [1.54, 1.807) is 6.07 Å². The second-order valence-corrected chi connectivity index (χ2v) is 5.38. The highest BCUT2D eigenvalue weighted by Crippen LogP contribution is 2.37. The van der Waals surface area contributed by atoms with E-state index in [4.69, 9.17) is 9.83 Å². The molecular formula is C17H17NO. The average Bonchev–Trinajstić information content (AvgIpc) is 2.35. The van der Waals surface area contributed by atoms with Crippen LogP contribution in [-0.4, -0.2) is 0 Å². The lowest BCUT2D eigenvalue weighted by molar-refractivity contribution is 0.613. The molecule has 1 heterocycles. The van der Waals surface area contributed by atoms with Gasteiger partial charge in [0.1, 0.15) is 11.3 Å². The number of rotatable bonds is 1. The Hall–Kier alpha value is -2.09. The number of hydrogen-bond acceptors (Lipinski definition) is 2. The summed E-state index contributed by atoms with van der Waals surface area (Å²) < 4.78 is 5.98. The summed E-state index contributed by atoms with van der Waals surface area (Å²) in [5, 5.41) is 9.40. The van der Waals surface area contributed by atoms with Crippen molar-refractivity contribution in [3.05, 3.63) is 52.9 Å². The normalized spacial score (nSPS) is 11.6. The van der Waals surface area contributed by atoms with Gasteiger partial charge in [0.05, 0.1) is 5.36 Å². The molecule has 1 aliphatic heterocycles. The van der Waals surface area contributed by atoms with Gasteiger partial charge in [-0.2, -0.15) is 0 Å². The Kier molecular flexibility index (Phi) is 2.67. The van der Waals surface area contributed by atoms with Gasteiger partial charge in [-0.25, -0.2) is 0 Å². The number of nitrogens with one attached hydrogen (secondary N) is 1. The van der Waals surface area contributed by atoms with Crippen LogP contribution in [0.3, 0.4) is 0 Å². The molecule has 2 heteroatoms. The van der Waals surface area contributed by atoms with E-state index in [2.05, 4.69) is 39.0 Å². The monoisotopic (exact) mass is 251 g/mol. The minimum Gasteiger partial charge on any atom is -0.456 e. The molecule has 2 nitrogen and oxygen atoms in total. The van der Waals surface area contributed by atoms with E-state index >= 15 is 0 Å². The molecule has 0 fully saturated rings. The van der Waals surface area contributed by atoms with Crippen LogP contribution in [0.2, 0.25) is 0 Å². The second kappa shape index (κ2) is 4.23. The SMILES string of the molecule is Cc1ccc2c(C(C)C)c3ccc(=N)cc-3oc2c1. The summed E-state index contributed by atoms with van der Waals surface area (Å²) >= 11 is 0. The Labute approximate surface area is 112 Å². The molecule has 1 aliphatic carbocycles. The summed E-state index contributed by atoms with van der Waals surface area (Å²) in [6, 6.07) is 11.9. The predicted molar refractivity (Wildman–Crippen MR) is 77.5 cm³/mol. The summed E-state index contributed by atoms with van der Waals surface area (Å²) in [5.74, 6) is 1.22. The van der Waals surface area contributed by atoms with E-state index in [1.165, 1.54) is 16.5 Å². The molecular weight excluding hydrogens is 234 g/mol. The quantitative estimate of drug-likeness (QED) is 0.637. The fourth-order valence-electron chi connectivity index (χ4n) is 2.65. The summed E-state index contributed by atoms with van der Waals surface area (Å²) in [7, 11) is 0. The van der Waals surface area contributed by atoms with Crippen molar-refractivity contribution in [1.82, 2.24) is 0 Å². The van der Waals surface area contributed by atoms with Crippen LogP contribution in [0.25, 0.3) is 22.3 Å². The summed E-state index contributed by atoms with van der Waals surface area (Å²) in [6.07, 6.45) is 0. The van der Waals surface area contributed by atoms with Crippen LogP contribution in [0.1, 0.15) is 30.9 Å². The van der Waals surface area contributed by atoms with Gasteiger partial charge in [0.15, 0.2) is 0 Å². The van der Waals surface area contributed by atoms with Gasteiger partial charge in [0, 0.05) is 17.0 Å². The van der Waals surface area contributed by atoms with Gasteiger partial charge in [-0.15, -0.1) is 0 Å². The van der Waals surface area contributed by atoms with Crippen molar-refractivity contribution in [2.24, 2.45) is 0 Å². The van der Waals surface area contributed by atoms with E-state index in [1.807, 2.05) is 12.1 Å². The summed E-state index contributed by atoms with van der Waals surface area (Å²) in [6.45, 7) is 6.46. The highest BCUT2D eigenvalue weighted by Gasteiger charge is 2.17. The van der Waals surface area contributed by atoms with Crippen molar-refractivity contribution in [2.45, 2.75) is 26.7 Å². The van der Waals surface area contributed by atoms with E-state index in [0.717, 1.165) is 16.9 Å². The van der Waals surface area contributed by atoms with Crippen molar-refractivity contribution in [3.63, 3.8) is 0 Å². The van der Waals surface area contributed by atoms with Crippen LogP contribution < -0.4 is 5.36 Å². The molecule has 0 amide bonds. The first-order chi connectivity index (χ1) is 9.06. The zero-order valence-corrected chi connectivity index (χ0v) is 11.4. The van der Waals surface area contributed by atoms with Gasteiger partial charge in [-0.3, -0.25) is 0 Å². The molecule has 0 spiro atoms. The lowest BCUT2D eigenvalue weighted by atomic mass is 9.91. The van der Waals surface area contributed by atoms with E-state index < -0.39 is 0 Å². The predicted octanol–water partition coefficient (Wildman–Crippen LogP) is 4.45. The van der Waals surface area contributed by atoms with Gasteiger partial charge in [-0.05, 0) is 42.2 Å². The Morgan fingerprint density at radius 2 is 1.84 bits per heavy atom. The zero-order chi connectivity index (χ0) is 13.6. The average molecular weight is 251 g/mol. The number of hydrogen-bond donors (Lipinski definition) is 1. The molecule has 0 unspecified atom stereocenters. The largest absolute Gasteiger partial charge is 0.456 e. The minimum absolute atomic E-state index is 0.417. The molecule has 1 aromatic carbocycles. The van der Waals surface area contributed by atoms with Gasteiger partial charge >= 0.3 is 0 Å². The van der Waals surface area contributed by atoms with Crippen molar-refractivity contribution >= 4 is 11.0 Å². The van der Waals surface area contributed by atoms with Crippen molar-refractivity contribution in [1.29, 1.82) is 5.41 Å². The zero-order valence-electron chi connectivity index (χ0n) is 11.4. The van der Waals surface area contributed by atoms with Crippen LogP contribution >= 0.6 is 0 Å². The molecule has 1 N–H and O–H groups in total. The second-order valence-electron chi connectivity index (χ2n) is 5.38. The lowest BCUT2D eigenvalue weighted by Crippen LogP contribution is -2.02. The smallest absolute Gasteiger partial charge is 0.137 e. The van der Waals surface area contributed by atoms with E-state index in [9.17, 15) is 0 Å². The molecule has 0 radical (unpaired) electrons. The molecule has 3 rings (SSSR count). The fraction of sp³-hybridized carbons (Fsp3) is 0.235. The van der Waals surface area contributed by atoms with Crippen LogP contribution in [0.4, 0.5) is 0 Å². The Morgan fingerprint density at radius 3 is 2.58 bits per heavy atom. The maximum atomic E-state index is 7.75. The molecule has 0 atom stereocenters. The van der Waals surface area contributed by atoms with E-state index in [-0.39, 0.29) is 0 Å². The topological polar surface area (TPSA) is 37.0 Å². The lowest BCUT2D eigenvalue weighted by Gasteiger charge is -2.17. The third kappa shape index (κ3) is 1.93. The minimum atomic E-state index is 0.417. The first-order valence-electron chi connectivity index (χ1n) is 6.58. The third-order valence-corrected chi connectivity index (χ3v) is 3.50. The van der Waals surface area contributed by atoms with Crippen molar-refractivity contribution < 1.29 is 4.42 Å². The molecule has 0 saturated heterocycles. The van der Waals surface area contributed by atoms with Crippen LogP contribution in [0, 0.1) is 12.3 Å². The molecule has 96 valence electrons. The van der Waals surface area contributed by atoms with E-state index in [0.29, 0.717) is 11.3 Å². The Bertz CT molecular complexity index is 783. The van der Waals surface area contributed by atoms with Crippen molar-refractivity contribution in [3.8, 4) is 11.3 Å². The highest BCUT2D eigenvalue weighted by atomic mass is 16.3. The molecule has 0 bridgehead atoms. The summed E-state index contributed by atoms with van der Waals surface area (Å²) in [5.41, 5.74) is 4.51. The number of benzene rings is 2. The highest BCUT2D eigenvalue weighted by molar-refractivity contribution is 5.88. The van der Waals surface area contributed by atoms with Crippen molar-refractivity contribution in [2.75, 3.05) is 0 Å². The maximum Gasteiger partial charge on any atom is 0.137 e. The van der Waals surface area contributed by atoms with Crippen LogP contribution in [0.15, 0.2) is 40.8 Å².